The van der Waals surface area contributed by atoms with E-state index < -0.39 is 21.7 Å². The average molecular weight is 483 g/mol. The Morgan fingerprint density at radius 1 is 0.719 bits per heavy atom. The summed E-state index contributed by atoms with van der Waals surface area (Å²) in [6.45, 7) is 0.827. The van der Waals surface area contributed by atoms with Gasteiger partial charge in [-0.15, -0.1) is 0 Å². The quantitative estimate of drug-likeness (QED) is 0.273. The molecular formula is C20H20Cl2N4O6. The van der Waals surface area contributed by atoms with Gasteiger partial charge in [0.15, 0.2) is 0 Å². The minimum Gasteiger partial charge on any atom is -0.352 e. The zero-order chi connectivity index (χ0) is 23.7. The largest absolute Gasteiger partial charge is 0.352 e. The van der Waals surface area contributed by atoms with Crippen molar-refractivity contribution >= 4 is 46.4 Å². The van der Waals surface area contributed by atoms with Gasteiger partial charge in [0.1, 0.15) is 0 Å². The summed E-state index contributed by atoms with van der Waals surface area (Å²) in [6.07, 6.45) is 3.03. The number of non-ortho nitro benzene ring substituents is 2. The lowest BCUT2D eigenvalue weighted by Gasteiger charge is -2.08. The molecule has 0 unspecified atom stereocenters. The maximum atomic E-state index is 12.1. The van der Waals surface area contributed by atoms with Gasteiger partial charge in [-0.3, -0.25) is 29.8 Å². The van der Waals surface area contributed by atoms with Crippen molar-refractivity contribution in [1.82, 2.24) is 10.6 Å². The standard InChI is InChI=1S/C20H20Cl2N4O6/c21-17-11-13(25(29)30)5-7-15(17)19(27)23-9-3-1-2-4-10-24-20(28)16-8-6-14(26(31)32)12-18(16)22/h5-8,11-12H,1-4,9-10H2,(H,23,27)(H,24,28). The SMILES string of the molecule is O=C(NCCCCCCNC(=O)c1ccc([N+](=O)[O-])cc1Cl)c1ccc([N+](=O)[O-])cc1Cl. The van der Waals surface area contributed by atoms with E-state index in [1.165, 1.54) is 24.3 Å². The van der Waals surface area contributed by atoms with E-state index in [1.54, 1.807) is 0 Å². The van der Waals surface area contributed by atoms with E-state index >= 15 is 0 Å². The molecule has 0 aromatic heterocycles. The van der Waals surface area contributed by atoms with Gasteiger partial charge in [-0.05, 0) is 25.0 Å². The first-order chi connectivity index (χ1) is 15.2. The van der Waals surface area contributed by atoms with Gasteiger partial charge >= 0.3 is 0 Å². The van der Waals surface area contributed by atoms with E-state index in [4.69, 9.17) is 23.2 Å². The normalized spacial score (nSPS) is 10.4. The molecule has 2 aromatic rings. The van der Waals surface area contributed by atoms with E-state index in [-0.39, 0.29) is 32.5 Å². The van der Waals surface area contributed by atoms with Crippen molar-refractivity contribution in [2.24, 2.45) is 0 Å². The molecule has 0 saturated carbocycles. The molecule has 0 aliphatic rings. The van der Waals surface area contributed by atoms with E-state index in [0.29, 0.717) is 25.9 Å². The highest BCUT2D eigenvalue weighted by Gasteiger charge is 2.15. The minimum absolute atomic E-state index is 0.0144. The lowest BCUT2D eigenvalue weighted by Crippen LogP contribution is -2.25. The minimum atomic E-state index is -0.587. The number of nitrogens with one attached hydrogen (secondary N) is 2. The summed E-state index contributed by atoms with van der Waals surface area (Å²) in [5.74, 6) is -0.811. The number of rotatable bonds is 11. The van der Waals surface area contributed by atoms with Crippen LogP contribution >= 0.6 is 23.2 Å². The third-order valence-electron chi connectivity index (χ3n) is 4.49. The molecule has 32 heavy (non-hydrogen) atoms. The molecule has 2 N–H and O–H groups in total. The molecule has 0 heterocycles. The third-order valence-corrected chi connectivity index (χ3v) is 5.12. The van der Waals surface area contributed by atoms with E-state index in [2.05, 4.69) is 10.6 Å². The summed E-state index contributed by atoms with van der Waals surface area (Å²) < 4.78 is 0. The van der Waals surface area contributed by atoms with Crippen molar-refractivity contribution in [3.05, 3.63) is 77.8 Å². The van der Waals surface area contributed by atoms with Crippen LogP contribution < -0.4 is 10.6 Å². The maximum absolute atomic E-state index is 12.1. The third kappa shape index (κ3) is 7.17. The molecule has 2 aromatic carbocycles. The zero-order valence-corrected chi connectivity index (χ0v) is 18.3. The number of benzene rings is 2. The predicted octanol–water partition coefficient (Wildman–Crippen LogP) is 4.53. The first kappa shape index (κ1) is 25.0. The summed E-state index contributed by atoms with van der Waals surface area (Å²) in [7, 11) is 0. The second-order valence-electron chi connectivity index (χ2n) is 6.77. The van der Waals surface area contributed by atoms with Crippen molar-refractivity contribution in [3.63, 3.8) is 0 Å². The fraction of sp³-hybridized carbons (Fsp3) is 0.300. The van der Waals surface area contributed by atoms with Gasteiger partial charge < -0.3 is 10.6 Å². The lowest BCUT2D eigenvalue weighted by molar-refractivity contribution is -0.385. The molecule has 0 aliphatic heterocycles. The first-order valence-corrected chi connectivity index (χ1v) is 10.4. The highest BCUT2D eigenvalue weighted by atomic mass is 35.5. The zero-order valence-electron chi connectivity index (χ0n) is 16.8. The lowest BCUT2D eigenvalue weighted by atomic mass is 10.1. The molecule has 170 valence electrons. The highest BCUT2D eigenvalue weighted by Crippen LogP contribution is 2.23. The number of nitro benzene ring substituents is 2. The number of nitro groups is 2. The molecule has 0 radical (unpaired) electrons. The average Bonchev–Trinajstić information content (AvgIpc) is 2.74. The fourth-order valence-corrected chi connectivity index (χ4v) is 3.32. The Bertz CT molecular complexity index is 950. The Morgan fingerprint density at radius 3 is 1.41 bits per heavy atom. The Labute approximate surface area is 193 Å². The van der Waals surface area contributed by atoms with Crippen molar-refractivity contribution in [2.75, 3.05) is 13.1 Å². The Balaban J connectivity index is 1.63. The van der Waals surface area contributed by atoms with Crippen LogP contribution in [0.3, 0.4) is 0 Å². The smallest absolute Gasteiger partial charge is 0.270 e. The Morgan fingerprint density at radius 2 is 1.09 bits per heavy atom. The molecule has 0 bridgehead atoms. The summed E-state index contributed by atoms with van der Waals surface area (Å²) >= 11 is 11.9. The van der Waals surface area contributed by atoms with Crippen LogP contribution in [0.25, 0.3) is 0 Å². The number of hydrogen-bond donors (Lipinski definition) is 2. The molecule has 2 amide bonds. The Kier molecular flexibility index (Phi) is 9.36. The number of hydrogen-bond acceptors (Lipinski definition) is 6. The van der Waals surface area contributed by atoms with Gasteiger partial charge in [0.2, 0.25) is 0 Å². The van der Waals surface area contributed by atoms with Gasteiger partial charge in [-0.25, -0.2) is 0 Å². The van der Waals surface area contributed by atoms with Crippen LogP contribution in [0.4, 0.5) is 11.4 Å². The number of unbranched alkanes of at least 4 members (excludes halogenated alkanes) is 3. The van der Waals surface area contributed by atoms with E-state index in [9.17, 15) is 29.8 Å². The number of carbonyl (C=O) groups is 2. The van der Waals surface area contributed by atoms with Gasteiger partial charge in [0.25, 0.3) is 23.2 Å². The predicted molar refractivity (Wildman–Crippen MR) is 119 cm³/mol. The van der Waals surface area contributed by atoms with Crippen molar-refractivity contribution < 1.29 is 19.4 Å². The van der Waals surface area contributed by atoms with Crippen LogP contribution in [0.2, 0.25) is 10.0 Å². The van der Waals surface area contributed by atoms with Crippen molar-refractivity contribution in [2.45, 2.75) is 25.7 Å². The molecular weight excluding hydrogens is 463 g/mol. The van der Waals surface area contributed by atoms with Crippen LogP contribution in [0.1, 0.15) is 46.4 Å². The van der Waals surface area contributed by atoms with Gasteiger partial charge in [-0.1, -0.05) is 36.0 Å². The summed E-state index contributed by atoms with van der Waals surface area (Å²) in [5, 5.41) is 26.9. The van der Waals surface area contributed by atoms with Crippen molar-refractivity contribution in [3.8, 4) is 0 Å². The molecule has 10 nitrogen and oxygen atoms in total. The van der Waals surface area contributed by atoms with Crippen molar-refractivity contribution in [1.29, 1.82) is 0 Å². The Hall–Kier alpha value is -3.24. The molecule has 12 heteroatoms. The molecule has 0 spiro atoms. The van der Waals surface area contributed by atoms with Crippen LogP contribution in [0.15, 0.2) is 36.4 Å². The van der Waals surface area contributed by atoms with Crippen LogP contribution in [-0.4, -0.2) is 34.8 Å². The van der Waals surface area contributed by atoms with Gasteiger partial charge in [0.05, 0.1) is 31.0 Å². The van der Waals surface area contributed by atoms with Gasteiger partial charge in [0, 0.05) is 37.4 Å². The molecule has 0 fully saturated rings. The molecule has 0 saturated heterocycles. The number of nitrogens with zero attached hydrogens (tertiary/aromatic N) is 2. The highest BCUT2D eigenvalue weighted by molar-refractivity contribution is 6.34. The molecule has 2 rings (SSSR count). The first-order valence-electron chi connectivity index (χ1n) is 9.65. The second kappa shape index (κ2) is 12.0. The monoisotopic (exact) mass is 482 g/mol. The summed E-state index contributed by atoms with van der Waals surface area (Å²) in [6, 6.07) is 7.34. The van der Waals surface area contributed by atoms with E-state index in [1.807, 2.05) is 0 Å². The maximum Gasteiger partial charge on any atom is 0.270 e. The van der Waals surface area contributed by atoms with E-state index in [0.717, 1.165) is 25.0 Å². The molecule has 0 atom stereocenters. The fourth-order valence-electron chi connectivity index (χ4n) is 2.80. The molecule has 0 aliphatic carbocycles. The van der Waals surface area contributed by atoms with Gasteiger partial charge in [-0.2, -0.15) is 0 Å². The number of carbonyl (C=O) groups excluding carboxylic acids is 2. The number of amides is 2. The topological polar surface area (TPSA) is 144 Å². The second-order valence-corrected chi connectivity index (χ2v) is 7.58. The summed E-state index contributed by atoms with van der Waals surface area (Å²) in [4.78, 5) is 44.5. The van der Waals surface area contributed by atoms with Crippen LogP contribution in [0.5, 0.6) is 0 Å². The number of halogens is 2. The van der Waals surface area contributed by atoms with Crippen LogP contribution in [-0.2, 0) is 0 Å². The van der Waals surface area contributed by atoms with Crippen LogP contribution in [0, 0.1) is 20.2 Å². The summed E-state index contributed by atoms with van der Waals surface area (Å²) in [5.41, 5.74) is -0.0289.